The number of aromatic nitrogens is 1. The first-order valence-electron chi connectivity index (χ1n) is 7.08. The normalized spacial score (nSPS) is 11.1. The summed E-state index contributed by atoms with van der Waals surface area (Å²) in [6.07, 6.45) is 5.15. The fraction of sp³-hybridized carbons (Fsp3) is 0.625. The summed E-state index contributed by atoms with van der Waals surface area (Å²) in [6.45, 7) is 10.8. The highest BCUT2D eigenvalue weighted by Crippen LogP contribution is 2.23. The minimum atomic E-state index is 0.298. The second kappa shape index (κ2) is 7.13. The molecule has 0 radical (unpaired) electrons. The van der Waals surface area contributed by atoms with Gasteiger partial charge in [-0.25, -0.2) is 4.98 Å². The van der Waals surface area contributed by atoms with Crippen LogP contribution in [0.25, 0.3) is 0 Å². The first kappa shape index (κ1) is 15.5. The summed E-state index contributed by atoms with van der Waals surface area (Å²) >= 11 is 0. The summed E-state index contributed by atoms with van der Waals surface area (Å²) in [4.78, 5) is 6.66. The Morgan fingerprint density at radius 2 is 2.05 bits per heavy atom. The molecule has 0 saturated carbocycles. The number of hydrogen-bond acceptors (Lipinski definition) is 3. The van der Waals surface area contributed by atoms with Crippen molar-refractivity contribution in [2.75, 3.05) is 18.0 Å². The van der Waals surface area contributed by atoms with Gasteiger partial charge >= 0.3 is 0 Å². The summed E-state index contributed by atoms with van der Waals surface area (Å²) in [5.74, 6) is 0.836. The molecule has 0 spiro atoms. The zero-order valence-electron chi connectivity index (χ0n) is 12.6. The van der Waals surface area contributed by atoms with Crippen LogP contribution < -0.4 is 4.90 Å². The molecule has 1 aromatic heterocycles. The number of nitriles is 1. The van der Waals surface area contributed by atoms with Crippen molar-refractivity contribution in [3.8, 4) is 6.07 Å². The van der Waals surface area contributed by atoms with Gasteiger partial charge in [0.25, 0.3) is 0 Å². The molecule has 3 heteroatoms. The fourth-order valence-electron chi connectivity index (χ4n) is 1.88. The third-order valence-electron chi connectivity index (χ3n) is 3.12. The molecule has 0 amide bonds. The van der Waals surface area contributed by atoms with Crippen molar-refractivity contribution in [3.05, 3.63) is 23.9 Å². The van der Waals surface area contributed by atoms with Crippen LogP contribution in [0.3, 0.4) is 0 Å². The first-order chi connectivity index (χ1) is 8.98. The van der Waals surface area contributed by atoms with Crippen molar-refractivity contribution < 1.29 is 0 Å². The quantitative estimate of drug-likeness (QED) is 0.775. The van der Waals surface area contributed by atoms with Gasteiger partial charge in [0.05, 0.1) is 5.56 Å². The molecule has 1 heterocycles. The lowest BCUT2D eigenvalue weighted by atomic mass is 9.92. The lowest BCUT2D eigenvalue weighted by molar-refractivity contribution is 0.377. The third kappa shape index (κ3) is 5.30. The monoisotopic (exact) mass is 259 g/mol. The SMILES string of the molecule is CCCCN(CCC(C)(C)C)c1ncccc1C#N. The molecule has 1 aromatic rings. The van der Waals surface area contributed by atoms with Gasteiger partial charge in [-0.1, -0.05) is 34.1 Å². The molecular weight excluding hydrogens is 234 g/mol. The molecule has 0 N–H and O–H groups in total. The van der Waals surface area contributed by atoms with Gasteiger partial charge < -0.3 is 4.90 Å². The van der Waals surface area contributed by atoms with Gasteiger partial charge in [0.2, 0.25) is 0 Å². The number of unbranched alkanes of at least 4 members (excludes halogenated alkanes) is 1. The maximum Gasteiger partial charge on any atom is 0.146 e. The van der Waals surface area contributed by atoms with E-state index in [1.807, 2.05) is 12.1 Å². The second-order valence-corrected chi connectivity index (χ2v) is 6.14. The first-order valence-corrected chi connectivity index (χ1v) is 7.08. The molecule has 0 atom stereocenters. The number of pyridine rings is 1. The Morgan fingerprint density at radius 1 is 1.32 bits per heavy atom. The van der Waals surface area contributed by atoms with Crippen LogP contribution in [0.2, 0.25) is 0 Å². The molecule has 0 saturated heterocycles. The van der Waals surface area contributed by atoms with Crippen molar-refractivity contribution in [2.24, 2.45) is 5.41 Å². The summed E-state index contributed by atoms with van der Waals surface area (Å²) in [7, 11) is 0. The second-order valence-electron chi connectivity index (χ2n) is 6.14. The lowest BCUT2D eigenvalue weighted by Crippen LogP contribution is -2.29. The van der Waals surface area contributed by atoms with Crippen LogP contribution in [0.15, 0.2) is 18.3 Å². The fourth-order valence-corrected chi connectivity index (χ4v) is 1.88. The van der Waals surface area contributed by atoms with Crippen molar-refractivity contribution in [1.82, 2.24) is 4.98 Å². The van der Waals surface area contributed by atoms with E-state index in [4.69, 9.17) is 0 Å². The van der Waals surface area contributed by atoms with Gasteiger partial charge in [-0.2, -0.15) is 5.26 Å². The Balaban J connectivity index is 2.86. The van der Waals surface area contributed by atoms with Crippen LogP contribution in [0.5, 0.6) is 0 Å². The van der Waals surface area contributed by atoms with E-state index in [2.05, 4.69) is 43.6 Å². The lowest BCUT2D eigenvalue weighted by Gasteiger charge is -2.28. The minimum absolute atomic E-state index is 0.298. The standard InChI is InChI=1S/C16H25N3/c1-5-6-11-19(12-9-16(2,3)4)15-14(13-17)8-7-10-18-15/h7-8,10H,5-6,9,11-12H2,1-4H3. The highest BCUT2D eigenvalue weighted by atomic mass is 15.2. The van der Waals surface area contributed by atoms with E-state index in [1.54, 1.807) is 6.20 Å². The number of nitrogens with zero attached hydrogens (tertiary/aromatic N) is 3. The van der Waals surface area contributed by atoms with E-state index in [0.717, 1.165) is 38.2 Å². The molecule has 0 aromatic carbocycles. The van der Waals surface area contributed by atoms with E-state index in [9.17, 15) is 5.26 Å². The van der Waals surface area contributed by atoms with E-state index in [0.29, 0.717) is 11.0 Å². The molecule has 0 fully saturated rings. The van der Waals surface area contributed by atoms with Crippen molar-refractivity contribution in [2.45, 2.75) is 47.0 Å². The molecule has 3 nitrogen and oxygen atoms in total. The highest BCUT2D eigenvalue weighted by molar-refractivity contribution is 5.53. The average Bonchev–Trinajstić information content (AvgIpc) is 2.38. The summed E-state index contributed by atoms with van der Waals surface area (Å²) in [6, 6.07) is 5.91. The number of anilines is 1. The van der Waals surface area contributed by atoms with Crippen LogP contribution in [0.4, 0.5) is 5.82 Å². The summed E-state index contributed by atoms with van der Waals surface area (Å²) in [5.41, 5.74) is 0.971. The highest BCUT2D eigenvalue weighted by Gasteiger charge is 2.16. The molecule has 0 aliphatic carbocycles. The van der Waals surface area contributed by atoms with Gasteiger partial charge in [0, 0.05) is 19.3 Å². The zero-order chi connectivity index (χ0) is 14.3. The Labute approximate surface area is 117 Å². The van der Waals surface area contributed by atoms with Gasteiger partial charge in [0.15, 0.2) is 0 Å². The van der Waals surface area contributed by atoms with Crippen molar-refractivity contribution in [1.29, 1.82) is 5.26 Å². The maximum absolute atomic E-state index is 9.20. The molecule has 0 aliphatic heterocycles. The topological polar surface area (TPSA) is 39.9 Å². The average molecular weight is 259 g/mol. The molecule has 19 heavy (non-hydrogen) atoms. The van der Waals surface area contributed by atoms with Gasteiger partial charge in [-0.15, -0.1) is 0 Å². The van der Waals surface area contributed by atoms with Crippen LogP contribution in [0, 0.1) is 16.7 Å². The summed E-state index contributed by atoms with van der Waals surface area (Å²) in [5, 5.41) is 9.20. The van der Waals surface area contributed by atoms with Crippen LogP contribution in [-0.4, -0.2) is 18.1 Å². The van der Waals surface area contributed by atoms with E-state index in [-0.39, 0.29) is 0 Å². The largest absolute Gasteiger partial charge is 0.356 e. The third-order valence-corrected chi connectivity index (χ3v) is 3.12. The smallest absolute Gasteiger partial charge is 0.146 e. The predicted octanol–water partition coefficient (Wildman–Crippen LogP) is 4.00. The van der Waals surface area contributed by atoms with E-state index >= 15 is 0 Å². The number of rotatable bonds is 6. The predicted molar refractivity (Wildman–Crippen MR) is 80.1 cm³/mol. The van der Waals surface area contributed by atoms with Crippen LogP contribution in [0.1, 0.15) is 52.5 Å². The Kier molecular flexibility index (Phi) is 5.82. The minimum Gasteiger partial charge on any atom is -0.356 e. The summed E-state index contributed by atoms with van der Waals surface area (Å²) < 4.78 is 0. The van der Waals surface area contributed by atoms with Gasteiger partial charge in [0.1, 0.15) is 11.9 Å². The zero-order valence-corrected chi connectivity index (χ0v) is 12.6. The molecule has 0 aliphatic rings. The molecule has 0 bridgehead atoms. The van der Waals surface area contributed by atoms with E-state index < -0.39 is 0 Å². The molecular formula is C16H25N3. The van der Waals surface area contributed by atoms with Crippen LogP contribution in [-0.2, 0) is 0 Å². The molecule has 104 valence electrons. The Morgan fingerprint density at radius 3 is 2.63 bits per heavy atom. The number of hydrogen-bond donors (Lipinski definition) is 0. The van der Waals surface area contributed by atoms with E-state index in [1.165, 1.54) is 0 Å². The van der Waals surface area contributed by atoms with Crippen molar-refractivity contribution in [3.63, 3.8) is 0 Å². The van der Waals surface area contributed by atoms with Gasteiger partial charge in [-0.05, 0) is 30.4 Å². The van der Waals surface area contributed by atoms with Gasteiger partial charge in [-0.3, -0.25) is 0 Å². The molecule has 1 rings (SSSR count). The Hall–Kier alpha value is -1.56. The molecule has 0 unspecified atom stereocenters. The van der Waals surface area contributed by atoms with Crippen LogP contribution >= 0.6 is 0 Å². The van der Waals surface area contributed by atoms with Crippen molar-refractivity contribution >= 4 is 5.82 Å². The maximum atomic E-state index is 9.20. The Bertz CT molecular complexity index is 426.